The normalized spacial score (nSPS) is 22.8. The third-order valence-electron chi connectivity index (χ3n) is 3.88. The number of carbonyl (C=O) groups excluding carboxylic acids is 1. The van der Waals surface area contributed by atoms with E-state index in [-0.39, 0.29) is 17.9 Å². The van der Waals surface area contributed by atoms with Crippen molar-refractivity contribution in [3.63, 3.8) is 0 Å². The van der Waals surface area contributed by atoms with Crippen LogP contribution in [0.2, 0.25) is 0 Å². The van der Waals surface area contributed by atoms with E-state index in [1.807, 2.05) is 13.8 Å². The lowest BCUT2D eigenvalue weighted by Gasteiger charge is -2.27. The predicted molar refractivity (Wildman–Crippen MR) is 68.4 cm³/mol. The first-order valence-electron chi connectivity index (χ1n) is 6.73. The molecule has 0 bridgehead atoms. The van der Waals surface area contributed by atoms with Crippen LogP contribution >= 0.6 is 0 Å². The maximum Gasteiger partial charge on any atom is 0.224 e. The second-order valence-corrected chi connectivity index (χ2v) is 5.36. The number of rotatable bonds is 5. The highest BCUT2D eigenvalue weighted by molar-refractivity contribution is 5.78. The van der Waals surface area contributed by atoms with Gasteiger partial charge in [0, 0.05) is 18.5 Å². The van der Waals surface area contributed by atoms with E-state index in [2.05, 4.69) is 5.32 Å². The third-order valence-corrected chi connectivity index (χ3v) is 3.88. The minimum Gasteiger partial charge on any atom is -0.391 e. The molecule has 0 aliphatic heterocycles. The minimum absolute atomic E-state index is 0.0603. The molecule has 0 aromatic carbocycles. The molecule has 0 aromatic heterocycles. The summed E-state index contributed by atoms with van der Waals surface area (Å²) in [6.45, 7) is 4.00. The molecule has 1 aliphatic rings. The molecule has 3 unspecified atom stereocenters. The number of amides is 1. The maximum absolute atomic E-state index is 11.7. The molecule has 0 saturated heterocycles. The van der Waals surface area contributed by atoms with Crippen molar-refractivity contribution in [2.24, 2.45) is 17.6 Å². The van der Waals surface area contributed by atoms with Crippen LogP contribution in [-0.4, -0.2) is 29.7 Å². The topological polar surface area (TPSA) is 75.4 Å². The van der Waals surface area contributed by atoms with E-state index >= 15 is 0 Å². The van der Waals surface area contributed by atoms with Gasteiger partial charge in [0.15, 0.2) is 0 Å². The molecule has 0 radical (unpaired) electrons. The van der Waals surface area contributed by atoms with Crippen LogP contribution in [0.1, 0.15) is 46.0 Å². The molecular weight excluding hydrogens is 216 g/mol. The van der Waals surface area contributed by atoms with Crippen LogP contribution < -0.4 is 11.1 Å². The lowest BCUT2D eigenvalue weighted by atomic mass is 9.85. The van der Waals surface area contributed by atoms with E-state index in [1.54, 1.807) is 0 Å². The van der Waals surface area contributed by atoms with Gasteiger partial charge in [-0.15, -0.1) is 0 Å². The van der Waals surface area contributed by atoms with Gasteiger partial charge >= 0.3 is 0 Å². The SMILES string of the molecule is CC(N)C(C)C(=O)NCC(O)C1CCCCC1. The summed E-state index contributed by atoms with van der Waals surface area (Å²) in [6.07, 6.45) is 5.44. The monoisotopic (exact) mass is 242 g/mol. The van der Waals surface area contributed by atoms with Crippen LogP contribution in [0.4, 0.5) is 0 Å². The summed E-state index contributed by atoms with van der Waals surface area (Å²) in [4.78, 5) is 11.7. The highest BCUT2D eigenvalue weighted by Crippen LogP contribution is 2.26. The number of hydrogen-bond acceptors (Lipinski definition) is 3. The van der Waals surface area contributed by atoms with Gasteiger partial charge in [-0.1, -0.05) is 26.2 Å². The van der Waals surface area contributed by atoms with Gasteiger partial charge in [0.2, 0.25) is 5.91 Å². The molecule has 17 heavy (non-hydrogen) atoms. The molecule has 0 spiro atoms. The van der Waals surface area contributed by atoms with Gasteiger partial charge in [-0.25, -0.2) is 0 Å². The Kier molecular flexibility index (Phi) is 5.92. The number of aliphatic hydroxyl groups excluding tert-OH is 1. The van der Waals surface area contributed by atoms with Gasteiger partial charge < -0.3 is 16.2 Å². The van der Waals surface area contributed by atoms with E-state index < -0.39 is 6.10 Å². The standard InChI is InChI=1S/C13H26N2O2/c1-9(10(2)14)13(17)15-8-12(16)11-6-4-3-5-7-11/h9-12,16H,3-8,14H2,1-2H3,(H,15,17). The Morgan fingerprint density at radius 1 is 1.35 bits per heavy atom. The first kappa shape index (κ1) is 14.5. The number of hydrogen-bond donors (Lipinski definition) is 3. The van der Waals surface area contributed by atoms with Crippen molar-refractivity contribution < 1.29 is 9.90 Å². The molecule has 1 aliphatic carbocycles. The summed E-state index contributed by atoms with van der Waals surface area (Å²) in [5.41, 5.74) is 5.66. The van der Waals surface area contributed by atoms with E-state index in [4.69, 9.17) is 5.73 Å². The number of nitrogens with one attached hydrogen (secondary N) is 1. The van der Waals surface area contributed by atoms with Crippen molar-refractivity contribution >= 4 is 5.91 Å². The Hall–Kier alpha value is -0.610. The largest absolute Gasteiger partial charge is 0.391 e. The zero-order valence-corrected chi connectivity index (χ0v) is 11.0. The molecule has 1 amide bonds. The Bertz CT molecular complexity index is 238. The first-order chi connectivity index (χ1) is 8.02. The van der Waals surface area contributed by atoms with Gasteiger partial charge in [0.1, 0.15) is 0 Å². The van der Waals surface area contributed by atoms with Crippen molar-refractivity contribution in [3.8, 4) is 0 Å². The molecule has 3 atom stereocenters. The van der Waals surface area contributed by atoms with Gasteiger partial charge in [0.05, 0.1) is 6.10 Å². The molecule has 0 heterocycles. The van der Waals surface area contributed by atoms with E-state index in [1.165, 1.54) is 19.3 Å². The first-order valence-corrected chi connectivity index (χ1v) is 6.73. The van der Waals surface area contributed by atoms with E-state index in [0.717, 1.165) is 12.8 Å². The van der Waals surface area contributed by atoms with E-state index in [9.17, 15) is 9.90 Å². The summed E-state index contributed by atoms with van der Waals surface area (Å²) < 4.78 is 0. The van der Waals surface area contributed by atoms with Crippen LogP contribution in [0.3, 0.4) is 0 Å². The minimum atomic E-state index is -0.403. The van der Waals surface area contributed by atoms with Crippen LogP contribution in [0, 0.1) is 11.8 Å². The molecular formula is C13H26N2O2. The van der Waals surface area contributed by atoms with Gasteiger partial charge in [-0.3, -0.25) is 4.79 Å². The summed E-state index contributed by atoms with van der Waals surface area (Å²) in [6, 6.07) is -0.151. The molecule has 4 N–H and O–H groups in total. The van der Waals surface area contributed by atoms with Gasteiger partial charge in [0.25, 0.3) is 0 Å². The number of carbonyl (C=O) groups is 1. The van der Waals surface area contributed by atoms with Gasteiger partial charge in [-0.2, -0.15) is 0 Å². The molecule has 4 nitrogen and oxygen atoms in total. The average molecular weight is 242 g/mol. The van der Waals surface area contributed by atoms with Crippen molar-refractivity contribution in [3.05, 3.63) is 0 Å². The summed E-state index contributed by atoms with van der Waals surface area (Å²) in [5, 5.41) is 12.8. The Morgan fingerprint density at radius 2 is 1.94 bits per heavy atom. The molecule has 4 heteroatoms. The van der Waals surface area contributed by atoms with Crippen LogP contribution in [-0.2, 0) is 4.79 Å². The zero-order chi connectivity index (χ0) is 12.8. The molecule has 1 fully saturated rings. The van der Waals surface area contributed by atoms with Gasteiger partial charge in [-0.05, 0) is 25.7 Å². The van der Waals surface area contributed by atoms with Crippen LogP contribution in [0.5, 0.6) is 0 Å². The highest BCUT2D eigenvalue weighted by Gasteiger charge is 2.23. The fourth-order valence-corrected chi connectivity index (χ4v) is 2.29. The fourth-order valence-electron chi connectivity index (χ4n) is 2.29. The lowest BCUT2D eigenvalue weighted by Crippen LogP contribution is -2.43. The molecule has 1 rings (SSSR count). The van der Waals surface area contributed by atoms with E-state index in [0.29, 0.717) is 12.5 Å². The quantitative estimate of drug-likeness (QED) is 0.674. The van der Waals surface area contributed by atoms with Crippen molar-refractivity contribution in [2.45, 2.75) is 58.1 Å². The summed E-state index contributed by atoms with van der Waals surface area (Å²) in [5.74, 6) is 0.0954. The molecule has 1 saturated carbocycles. The van der Waals surface area contributed by atoms with Crippen molar-refractivity contribution in [1.29, 1.82) is 0 Å². The smallest absolute Gasteiger partial charge is 0.224 e. The number of aliphatic hydroxyl groups is 1. The maximum atomic E-state index is 11.7. The predicted octanol–water partition coefficient (Wildman–Crippen LogP) is 1.03. The molecule has 0 aromatic rings. The fraction of sp³-hybridized carbons (Fsp3) is 0.923. The van der Waals surface area contributed by atoms with Crippen LogP contribution in [0.15, 0.2) is 0 Å². The zero-order valence-electron chi connectivity index (χ0n) is 11.0. The molecule has 100 valence electrons. The second-order valence-electron chi connectivity index (χ2n) is 5.36. The third kappa shape index (κ3) is 4.64. The Balaban J connectivity index is 2.27. The van der Waals surface area contributed by atoms with Crippen molar-refractivity contribution in [1.82, 2.24) is 5.32 Å². The summed E-state index contributed by atoms with van der Waals surface area (Å²) in [7, 11) is 0. The highest BCUT2D eigenvalue weighted by atomic mass is 16.3. The lowest BCUT2D eigenvalue weighted by molar-refractivity contribution is -0.125. The number of nitrogens with two attached hydrogens (primary N) is 1. The van der Waals surface area contributed by atoms with Crippen LogP contribution in [0.25, 0.3) is 0 Å². The average Bonchev–Trinajstić information content (AvgIpc) is 2.35. The Labute approximate surface area is 104 Å². The Morgan fingerprint density at radius 3 is 2.47 bits per heavy atom. The second kappa shape index (κ2) is 6.97. The van der Waals surface area contributed by atoms with Crippen molar-refractivity contribution in [2.75, 3.05) is 6.54 Å². The summed E-state index contributed by atoms with van der Waals surface area (Å²) >= 11 is 0.